The van der Waals surface area contributed by atoms with Crippen molar-refractivity contribution in [3.63, 3.8) is 0 Å². The van der Waals surface area contributed by atoms with E-state index in [2.05, 4.69) is 16.4 Å². The van der Waals surface area contributed by atoms with Crippen molar-refractivity contribution in [3.05, 3.63) is 74.0 Å². The molecule has 0 bridgehead atoms. The minimum atomic E-state index is -0.120. The van der Waals surface area contributed by atoms with Gasteiger partial charge in [0.25, 0.3) is 5.56 Å². The van der Waals surface area contributed by atoms with Gasteiger partial charge in [-0.05, 0) is 53.9 Å². The van der Waals surface area contributed by atoms with Crippen LogP contribution in [0.5, 0.6) is 0 Å². The third-order valence-electron chi connectivity index (χ3n) is 4.33. The van der Waals surface area contributed by atoms with Gasteiger partial charge in [0.15, 0.2) is 5.16 Å². The molecular weight excluding hydrogens is 422 g/mol. The SMILES string of the molecule is Cc1cccc(NC(=O)CSc2nc3ccsc3c(=O)n2CCc2cccs2)c1. The molecule has 5 nitrogen and oxygen atoms in total. The summed E-state index contributed by atoms with van der Waals surface area (Å²) in [6, 6.07) is 13.6. The summed E-state index contributed by atoms with van der Waals surface area (Å²) in [6.45, 7) is 2.53. The van der Waals surface area contributed by atoms with Crippen molar-refractivity contribution in [2.45, 2.75) is 25.0 Å². The summed E-state index contributed by atoms with van der Waals surface area (Å²) in [5, 5.41) is 7.39. The van der Waals surface area contributed by atoms with Crippen molar-refractivity contribution < 1.29 is 4.79 Å². The van der Waals surface area contributed by atoms with Crippen LogP contribution >= 0.6 is 34.4 Å². The van der Waals surface area contributed by atoms with E-state index in [-0.39, 0.29) is 17.2 Å². The molecule has 0 saturated heterocycles. The molecule has 1 aromatic carbocycles. The van der Waals surface area contributed by atoms with Gasteiger partial charge in [-0.25, -0.2) is 4.98 Å². The van der Waals surface area contributed by atoms with Gasteiger partial charge in [0.05, 0.1) is 11.3 Å². The van der Waals surface area contributed by atoms with Gasteiger partial charge in [-0.15, -0.1) is 22.7 Å². The van der Waals surface area contributed by atoms with Gasteiger partial charge in [0.1, 0.15) is 4.70 Å². The zero-order chi connectivity index (χ0) is 20.2. The minimum absolute atomic E-state index is 0.0388. The van der Waals surface area contributed by atoms with Crippen LogP contribution in [0.4, 0.5) is 5.69 Å². The smallest absolute Gasteiger partial charge is 0.272 e. The molecule has 3 aromatic heterocycles. The highest BCUT2D eigenvalue weighted by Crippen LogP contribution is 2.22. The zero-order valence-electron chi connectivity index (χ0n) is 15.8. The molecule has 0 saturated carbocycles. The number of thiophene rings is 2. The van der Waals surface area contributed by atoms with E-state index in [1.54, 1.807) is 15.9 Å². The molecule has 29 heavy (non-hydrogen) atoms. The lowest BCUT2D eigenvalue weighted by molar-refractivity contribution is -0.113. The predicted octanol–water partition coefficient (Wildman–Crippen LogP) is 4.80. The van der Waals surface area contributed by atoms with Gasteiger partial charge in [-0.1, -0.05) is 30.0 Å². The lowest BCUT2D eigenvalue weighted by atomic mass is 10.2. The second-order valence-corrected chi connectivity index (χ2v) is 9.41. The number of nitrogens with one attached hydrogen (secondary N) is 1. The highest BCUT2D eigenvalue weighted by atomic mass is 32.2. The Hall–Kier alpha value is -2.42. The number of fused-ring (bicyclic) bond motifs is 1. The number of nitrogens with zero attached hydrogens (tertiary/aromatic N) is 2. The maximum atomic E-state index is 13.0. The van der Waals surface area contributed by atoms with E-state index < -0.39 is 0 Å². The number of rotatable bonds is 7. The van der Waals surface area contributed by atoms with E-state index >= 15 is 0 Å². The van der Waals surface area contributed by atoms with Crippen molar-refractivity contribution in [1.29, 1.82) is 0 Å². The molecular formula is C21H19N3O2S3. The summed E-state index contributed by atoms with van der Waals surface area (Å²) < 4.78 is 2.35. The highest BCUT2D eigenvalue weighted by Gasteiger charge is 2.14. The molecule has 0 radical (unpaired) electrons. The highest BCUT2D eigenvalue weighted by molar-refractivity contribution is 7.99. The average Bonchev–Trinajstić information content (AvgIpc) is 3.37. The fourth-order valence-corrected chi connectivity index (χ4v) is 5.26. The lowest BCUT2D eigenvalue weighted by Gasteiger charge is -2.12. The number of aryl methyl sites for hydroxylation is 2. The van der Waals surface area contributed by atoms with Gasteiger partial charge in [-0.3, -0.25) is 14.2 Å². The first kappa shape index (κ1) is 19.9. The van der Waals surface area contributed by atoms with Gasteiger partial charge in [0, 0.05) is 17.1 Å². The molecule has 4 rings (SSSR count). The first-order chi connectivity index (χ1) is 14.1. The monoisotopic (exact) mass is 441 g/mol. The van der Waals surface area contributed by atoms with Crippen LogP contribution in [0.15, 0.2) is 63.2 Å². The summed E-state index contributed by atoms with van der Waals surface area (Å²) in [6.07, 6.45) is 0.763. The van der Waals surface area contributed by atoms with Crippen LogP contribution in [-0.2, 0) is 17.8 Å². The number of thioether (sulfide) groups is 1. The molecule has 0 fully saturated rings. The number of benzene rings is 1. The summed E-state index contributed by atoms with van der Waals surface area (Å²) in [4.78, 5) is 31.2. The second-order valence-electron chi connectivity index (χ2n) is 6.52. The Morgan fingerprint density at radius 1 is 1.17 bits per heavy atom. The molecule has 0 aliphatic rings. The first-order valence-corrected chi connectivity index (χ1v) is 11.8. The van der Waals surface area contributed by atoms with E-state index in [4.69, 9.17) is 0 Å². The number of carbonyl (C=O) groups excluding carboxylic acids is 1. The summed E-state index contributed by atoms with van der Waals surface area (Å²) in [5.41, 5.74) is 2.51. The van der Waals surface area contributed by atoms with Crippen molar-refractivity contribution in [3.8, 4) is 0 Å². The van der Waals surface area contributed by atoms with E-state index in [0.717, 1.165) is 17.7 Å². The summed E-state index contributed by atoms with van der Waals surface area (Å²) in [5.74, 6) is 0.0692. The second kappa shape index (κ2) is 8.94. The zero-order valence-corrected chi connectivity index (χ0v) is 18.2. The first-order valence-electron chi connectivity index (χ1n) is 9.10. The molecule has 148 valence electrons. The molecule has 0 aliphatic heterocycles. The molecule has 0 aliphatic carbocycles. The van der Waals surface area contributed by atoms with Gasteiger partial charge >= 0.3 is 0 Å². The van der Waals surface area contributed by atoms with E-state index in [1.807, 2.05) is 54.1 Å². The Balaban J connectivity index is 1.52. The fraction of sp³-hybridized carbons (Fsp3) is 0.190. The van der Waals surface area contributed by atoms with Crippen LogP contribution < -0.4 is 10.9 Å². The number of hydrogen-bond acceptors (Lipinski definition) is 6. The third-order valence-corrected chi connectivity index (χ3v) is 7.13. The topological polar surface area (TPSA) is 64.0 Å². The number of carbonyl (C=O) groups is 1. The number of anilines is 1. The van der Waals surface area contributed by atoms with Crippen molar-refractivity contribution in [2.75, 3.05) is 11.1 Å². The maximum Gasteiger partial charge on any atom is 0.272 e. The normalized spacial score (nSPS) is 11.1. The molecule has 1 amide bonds. The van der Waals surface area contributed by atoms with Gasteiger partial charge < -0.3 is 5.32 Å². The average molecular weight is 442 g/mol. The lowest BCUT2D eigenvalue weighted by Crippen LogP contribution is -2.24. The van der Waals surface area contributed by atoms with E-state index in [9.17, 15) is 9.59 Å². The Morgan fingerprint density at radius 2 is 2.07 bits per heavy atom. The van der Waals surface area contributed by atoms with Crippen LogP contribution in [0.25, 0.3) is 10.2 Å². The maximum absolute atomic E-state index is 13.0. The molecule has 0 spiro atoms. The van der Waals surface area contributed by atoms with E-state index in [0.29, 0.717) is 21.9 Å². The summed E-state index contributed by atoms with van der Waals surface area (Å²) >= 11 is 4.38. The van der Waals surface area contributed by atoms with Crippen molar-refractivity contribution in [1.82, 2.24) is 9.55 Å². The van der Waals surface area contributed by atoms with Crippen LogP contribution in [0.2, 0.25) is 0 Å². The van der Waals surface area contributed by atoms with Crippen molar-refractivity contribution in [2.24, 2.45) is 0 Å². The number of hydrogen-bond donors (Lipinski definition) is 1. The molecule has 0 atom stereocenters. The van der Waals surface area contributed by atoms with Crippen LogP contribution in [0, 0.1) is 6.92 Å². The van der Waals surface area contributed by atoms with Crippen LogP contribution in [-0.4, -0.2) is 21.2 Å². The third kappa shape index (κ3) is 4.77. The largest absolute Gasteiger partial charge is 0.325 e. The quantitative estimate of drug-likeness (QED) is 0.330. The minimum Gasteiger partial charge on any atom is -0.325 e. The Bertz CT molecular complexity index is 1200. The fourth-order valence-electron chi connectivity index (χ4n) is 2.96. The van der Waals surface area contributed by atoms with Crippen molar-refractivity contribution >= 4 is 56.2 Å². The molecule has 0 unspecified atom stereocenters. The Kier molecular flexibility index (Phi) is 6.13. The Labute approximate surface area is 180 Å². The summed E-state index contributed by atoms with van der Waals surface area (Å²) in [7, 11) is 0. The van der Waals surface area contributed by atoms with Crippen LogP contribution in [0.3, 0.4) is 0 Å². The Morgan fingerprint density at radius 3 is 2.86 bits per heavy atom. The predicted molar refractivity (Wildman–Crippen MR) is 122 cm³/mol. The van der Waals surface area contributed by atoms with Gasteiger partial charge in [-0.2, -0.15) is 0 Å². The van der Waals surface area contributed by atoms with Crippen LogP contribution in [0.1, 0.15) is 10.4 Å². The molecule has 3 heterocycles. The van der Waals surface area contributed by atoms with Gasteiger partial charge in [0.2, 0.25) is 5.91 Å². The molecule has 8 heteroatoms. The standard InChI is InChI=1S/C21H19N3O2S3/c1-14-4-2-5-15(12-14)22-18(25)13-29-21-23-17-8-11-28-19(17)20(26)24(21)9-7-16-6-3-10-27-16/h2-6,8,10-12H,7,9,13H2,1H3,(H,22,25). The molecule has 4 aromatic rings. The van der Waals surface area contributed by atoms with E-state index in [1.165, 1.54) is 28.0 Å². The number of amides is 1. The molecule has 1 N–H and O–H groups in total. The number of aromatic nitrogens is 2.